The van der Waals surface area contributed by atoms with E-state index >= 15 is 0 Å². The first kappa shape index (κ1) is 10.6. The summed E-state index contributed by atoms with van der Waals surface area (Å²) in [5.74, 6) is 0.469. The molecule has 1 amide bonds. The van der Waals surface area contributed by atoms with Crippen molar-refractivity contribution in [3.8, 4) is 0 Å². The van der Waals surface area contributed by atoms with Crippen LogP contribution < -0.4 is 0 Å². The van der Waals surface area contributed by atoms with E-state index in [-0.39, 0.29) is 5.92 Å². The van der Waals surface area contributed by atoms with E-state index in [1.807, 2.05) is 18.7 Å². The number of carbonyl (C=O) groups is 1. The van der Waals surface area contributed by atoms with Gasteiger partial charge in [0.2, 0.25) is 5.91 Å². The van der Waals surface area contributed by atoms with Gasteiger partial charge in [0, 0.05) is 19.0 Å². The molecule has 2 nitrogen and oxygen atoms in total. The van der Waals surface area contributed by atoms with E-state index in [1.165, 1.54) is 0 Å². The Kier molecular flexibility index (Phi) is 2.99. The first-order valence-corrected chi connectivity index (χ1v) is 5.21. The van der Waals surface area contributed by atoms with E-state index in [0.29, 0.717) is 11.3 Å². The van der Waals surface area contributed by atoms with E-state index in [2.05, 4.69) is 13.8 Å². The zero-order valence-corrected chi connectivity index (χ0v) is 9.26. The molecule has 1 heterocycles. The summed E-state index contributed by atoms with van der Waals surface area (Å²) in [7, 11) is 0. The Hall–Kier alpha value is -0.530. The van der Waals surface area contributed by atoms with Crippen molar-refractivity contribution >= 4 is 5.91 Å². The lowest BCUT2D eigenvalue weighted by Crippen LogP contribution is -2.42. The summed E-state index contributed by atoms with van der Waals surface area (Å²) in [4.78, 5) is 13.6. The molecule has 76 valence electrons. The Morgan fingerprint density at radius 1 is 1.23 bits per heavy atom. The van der Waals surface area contributed by atoms with Gasteiger partial charge < -0.3 is 4.90 Å². The fourth-order valence-corrected chi connectivity index (χ4v) is 1.70. The molecule has 0 spiro atoms. The first-order valence-electron chi connectivity index (χ1n) is 5.21. The Balaban J connectivity index is 2.46. The zero-order valence-electron chi connectivity index (χ0n) is 9.26. The molecule has 0 aliphatic carbocycles. The van der Waals surface area contributed by atoms with Crippen molar-refractivity contribution in [3.05, 3.63) is 0 Å². The second kappa shape index (κ2) is 3.69. The number of piperidine rings is 1. The summed E-state index contributed by atoms with van der Waals surface area (Å²) in [6, 6.07) is 0. The van der Waals surface area contributed by atoms with Crippen LogP contribution in [-0.4, -0.2) is 23.9 Å². The Labute approximate surface area is 81.3 Å². The minimum Gasteiger partial charge on any atom is -0.342 e. The van der Waals surface area contributed by atoms with Crippen LogP contribution in [-0.2, 0) is 4.79 Å². The van der Waals surface area contributed by atoms with Gasteiger partial charge in [-0.2, -0.15) is 0 Å². The quantitative estimate of drug-likeness (QED) is 0.611. The normalized spacial score (nSPS) is 22.1. The Morgan fingerprint density at radius 3 is 2.08 bits per heavy atom. The third-order valence-electron chi connectivity index (χ3n) is 2.92. The van der Waals surface area contributed by atoms with E-state index in [4.69, 9.17) is 0 Å². The average molecular weight is 183 g/mol. The lowest BCUT2D eigenvalue weighted by molar-refractivity contribution is -0.136. The van der Waals surface area contributed by atoms with Crippen LogP contribution in [0.4, 0.5) is 0 Å². The molecule has 0 N–H and O–H groups in total. The van der Waals surface area contributed by atoms with Gasteiger partial charge in [-0.05, 0) is 18.3 Å². The molecule has 1 rings (SSSR count). The summed E-state index contributed by atoms with van der Waals surface area (Å²) in [5, 5.41) is 0. The Bertz CT molecular complexity index is 186. The second-order valence-corrected chi connectivity index (χ2v) is 5.14. The number of nitrogens with zero attached hydrogens (tertiary/aromatic N) is 1. The van der Waals surface area contributed by atoms with Crippen LogP contribution in [0.3, 0.4) is 0 Å². The lowest BCUT2D eigenvalue weighted by Gasteiger charge is -2.37. The largest absolute Gasteiger partial charge is 0.342 e. The zero-order chi connectivity index (χ0) is 10.1. The summed E-state index contributed by atoms with van der Waals surface area (Å²) < 4.78 is 0. The van der Waals surface area contributed by atoms with Gasteiger partial charge in [0.25, 0.3) is 0 Å². The van der Waals surface area contributed by atoms with Crippen molar-refractivity contribution in [1.29, 1.82) is 0 Å². The van der Waals surface area contributed by atoms with E-state index in [0.717, 1.165) is 25.9 Å². The van der Waals surface area contributed by atoms with Crippen LogP contribution in [0.15, 0.2) is 0 Å². The fraction of sp³-hybridized carbons (Fsp3) is 0.909. The van der Waals surface area contributed by atoms with Crippen LogP contribution in [0.1, 0.15) is 40.5 Å². The third-order valence-corrected chi connectivity index (χ3v) is 2.92. The molecule has 0 aromatic rings. The van der Waals surface area contributed by atoms with Gasteiger partial charge in [0.1, 0.15) is 0 Å². The number of hydrogen-bond acceptors (Lipinski definition) is 1. The van der Waals surface area contributed by atoms with E-state index < -0.39 is 0 Å². The highest BCUT2D eigenvalue weighted by atomic mass is 16.2. The van der Waals surface area contributed by atoms with Gasteiger partial charge in [-0.1, -0.05) is 27.7 Å². The molecule has 0 bridgehead atoms. The number of rotatable bonds is 1. The third kappa shape index (κ3) is 2.71. The average Bonchev–Trinajstić information content (AvgIpc) is 2.03. The molecule has 0 radical (unpaired) electrons. The maximum Gasteiger partial charge on any atom is 0.225 e. The topological polar surface area (TPSA) is 20.3 Å². The maximum absolute atomic E-state index is 11.6. The molecule has 1 saturated heterocycles. The molecular weight excluding hydrogens is 162 g/mol. The van der Waals surface area contributed by atoms with Crippen molar-refractivity contribution in [2.24, 2.45) is 11.3 Å². The van der Waals surface area contributed by atoms with Crippen LogP contribution in [0, 0.1) is 11.3 Å². The van der Waals surface area contributed by atoms with Crippen LogP contribution in [0.2, 0.25) is 0 Å². The molecule has 0 unspecified atom stereocenters. The molecule has 1 aliphatic rings. The number of likely N-dealkylation sites (tertiary alicyclic amines) is 1. The molecule has 13 heavy (non-hydrogen) atoms. The lowest BCUT2D eigenvalue weighted by atomic mass is 9.82. The molecule has 1 aliphatic heterocycles. The van der Waals surface area contributed by atoms with Gasteiger partial charge >= 0.3 is 0 Å². The minimum absolute atomic E-state index is 0.154. The minimum atomic E-state index is 0.154. The predicted octanol–water partition coefficient (Wildman–Crippen LogP) is 2.29. The molecule has 0 atom stereocenters. The van der Waals surface area contributed by atoms with Crippen molar-refractivity contribution in [2.75, 3.05) is 13.1 Å². The van der Waals surface area contributed by atoms with Crippen LogP contribution in [0.5, 0.6) is 0 Å². The number of hydrogen-bond donors (Lipinski definition) is 0. The van der Waals surface area contributed by atoms with Crippen molar-refractivity contribution in [3.63, 3.8) is 0 Å². The second-order valence-electron chi connectivity index (χ2n) is 5.14. The highest BCUT2D eigenvalue weighted by molar-refractivity contribution is 5.78. The van der Waals surface area contributed by atoms with Crippen molar-refractivity contribution in [1.82, 2.24) is 4.90 Å². The summed E-state index contributed by atoms with van der Waals surface area (Å²) >= 11 is 0. The molecule has 2 heteroatoms. The SMILES string of the molecule is CC(C)C(=O)N1CCC(C)(C)CC1. The summed E-state index contributed by atoms with van der Waals surface area (Å²) in [6.07, 6.45) is 2.29. The molecule has 0 aromatic heterocycles. The van der Waals surface area contributed by atoms with Gasteiger partial charge in [-0.15, -0.1) is 0 Å². The summed E-state index contributed by atoms with van der Waals surface area (Å²) in [5.41, 5.74) is 0.438. The number of carbonyl (C=O) groups excluding carboxylic acids is 1. The smallest absolute Gasteiger partial charge is 0.225 e. The highest BCUT2D eigenvalue weighted by Gasteiger charge is 2.28. The fourth-order valence-electron chi connectivity index (χ4n) is 1.70. The molecule has 1 fully saturated rings. The van der Waals surface area contributed by atoms with Gasteiger partial charge in [0.05, 0.1) is 0 Å². The Morgan fingerprint density at radius 2 is 1.69 bits per heavy atom. The molecule has 0 aromatic carbocycles. The van der Waals surface area contributed by atoms with Gasteiger partial charge in [-0.25, -0.2) is 0 Å². The molecular formula is C11H21NO. The molecule has 0 saturated carbocycles. The highest BCUT2D eigenvalue weighted by Crippen LogP contribution is 2.30. The number of amides is 1. The standard InChI is InChI=1S/C11H21NO/c1-9(2)10(13)12-7-5-11(3,4)6-8-12/h9H,5-8H2,1-4H3. The predicted molar refractivity (Wildman–Crippen MR) is 54.4 cm³/mol. The van der Waals surface area contributed by atoms with Gasteiger partial charge in [0.15, 0.2) is 0 Å². The summed E-state index contributed by atoms with van der Waals surface area (Å²) in [6.45, 7) is 10.4. The van der Waals surface area contributed by atoms with E-state index in [9.17, 15) is 4.79 Å². The van der Waals surface area contributed by atoms with Crippen LogP contribution in [0.25, 0.3) is 0 Å². The van der Waals surface area contributed by atoms with E-state index in [1.54, 1.807) is 0 Å². The first-order chi connectivity index (χ1) is 5.92. The van der Waals surface area contributed by atoms with Crippen LogP contribution >= 0.6 is 0 Å². The van der Waals surface area contributed by atoms with Crippen molar-refractivity contribution < 1.29 is 4.79 Å². The van der Waals surface area contributed by atoms with Gasteiger partial charge in [-0.3, -0.25) is 4.79 Å². The maximum atomic E-state index is 11.6. The van der Waals surface area contributed by atoms with Crippen molar-refractivity contribution in [2.45, 2.75) is 40.5 Å². The monoisotopic (exact) mass is 183 g/mol.